The van der Waals surface area contributed by atoms with Crippen molar-refractivity contribution in [2.75, 3.05) is 30.8 Å². The Morgan fingerprint density at radius 1 is 1.00 bits per heavy atom. The normalized spacial score (nSPS) is 10.2. The van der Waals surface area contributed by atoms with Gasteiger partial charge in [-0.25, -0.2) is 0 Å². The molecule has 0 radical (unpaired) electrons. The molecular weight excluding hydrogens is 262 g/mol. The van der Waals surface area contributed by atoms with Crippen molar-refractivity contribution in [2.45, 2.75) is 19.8 Å². The van der Waals surface area contributed by atoms with Crippen LogP contribution < -0.4 is 15.4 Å². The summed E-state index contributed by atoms with van der Waals surface area (Å²) in [6.45, 7) is 4.00. The van der Waals surface area contributed by atoms with E-state index in [0.29, 0.717) is 0 Å². The summed E-state index contributed by atoms with van der Waals surface area (Å²) < 4.78 is 5.16. The molecule has 2 rings (SSSR count). The molecule has 0 bridgehead atoms. The number of rotatable bonds is 8. The van der Waals surface area contributed by atoms with Gasteiger partial charge in [-0.15, -0.1) is 0 Å². The van der Waals surface area contributed by atoms with E-state index >= 15 is 0 Å². The third kappa shape index (κ3) is 4.99. The van der Waals surface area contributed by atoms with Crippen molar-refractivity contribution in [1.82, 2.24) is 4.98 Å². The Labute approximate surface area is 126 Å². The van der Waals surface area contributed by atoms with Crippen LogP contribution in [0.1, 0.15) is 18.9 Å². The fraction of sp³-hybridized carbons (Fsp3) is 0.353. The molecule has 0 amide bonds. The van der Waals surface area contributed by atoms with Crippen molar-refractivity contribution >= 4 is 11.4 Å². The highest BCUT2D eigenvalue weighted by atomic mass is 16.5. The Morgan fingerprint density at radius 3 is 2.29 bits per heavy atom. The first-order valence-corrected chi connectivity index (χ1v) is 7.37. The number of ether oxygens (including phenoxy) is 1. The molecule has 1 heterocycles. The molecule has 21 heavy (non-hydrogen) atoms. The summed E-state index contributed by atoms with van der Waals surface area (Å²) in [5.41, 5.74) is 3.40. The number of hydrogen-bond donors (Lipinski definition) is 2. The van der Waals surface area contributed by atoms with E-state index in [1.54, 1.807) is 7.11 Å². The minimum absolute atomic E-state index is 0.880. The van der Waals surface area contributed by atoms with Gasteiger partial charge in [0.15, 0.2) is 0 Å². The van der Waals surface area contributed by atoms with Crippen LogP contribution in [0, 0.1) is 0 Å². The summed E-state index contributed by atoms with van der Waals surface area (Å²) in [6.07, 6.45) is 5.78. The molecule has 0 fully saturated rings. The van der Waals surface area contributed by atoms with Crippen molar-refractivity contribution in [3.8, 4) is 5.75 Å². The standard InChI is InChI=1S/C17H23N3O/c1-3-9-19-15-11-16(13-18-12-15)20-10-8-14-4-6-17(21-2)7-5-14/h4-7,11-13,19-20H,3,8-10H2,1-2H3. The predicted molar refractivity (Wildman–Crippen MR) is 88.2 cm³/mol. The highest BCUT2D eigenvalue weighted by Gasteiger charge is 1.98. The van der Waals surface area contributed by atoms with Gasteiger partial charge in [0.25, 0.3) is 0 Å². The third-order valence-corrected chi connectivity index (χ3v) is 3.22. The van der Waals surface area contributed by atoms with Gasteiger partial charge in [-0.3, -0.25) is 4.98 Å². The van der Waals surface area contributed by atoms with Crippen molar-refractivity contribution < 1.29 is 4.74 Å². The SMILES string of the molecule is CCCNc1cncc(NCCc2ccc(OC)cc2)c1. The number of aromatic nitrogens is 1. The van der Waals surface area contributed by atoms with Gasteiger partial charge in [-0.05, 0) is 36.6 Å². The lowest BCUT2D eigenvalue weighted by atomic mass is 10.1. The maximum Gasteiger partial charge on any atom is 0.118 e. The zero-order valence-electron chi connectivity index (χ0n) is 12.7. The summed E-state index contributed by atoms with van der Waals surface area (Å²) in [7, 11) is 1.68. The van der Waals surface area contributed by atoms with Crippen LogP contribution in [0.4, 0.5) is 11.4 Å². The lowest BCUT2D eigenvalue weighted by Gasteiger charge is -2.09. The molecule has 0 spiro atoms. The van der Waals surface area contributed by atoms with Crippen molar-refractivity contribution in [1.29, 1.82) is 0 Å². The number of methoxy groups -OCH3 is 1. The highest BCUT2D eigenvalue weighted by Crippen LogP contribution is 2.14. The van der Waals surface area contributed by atoms with Gasteiger partial charge in [0.2, 0.25) is 0 Å². The Bertz CT molecular complexity index is 540. The summed E-state index contributed by atoms with van der Waals surface area (Å²) in [5, 5.41) is 6.74. The van der Waals surface area contributed by atoms with Crippen LogP contribution in [0.25, 0.3) is 0 Å². The summed E-state index contributed by atoms with van der Waals surface area (Å²) in [5.74, 6) is 0.894. The quantitative estimate of drug-likeness (QED) is 0.778. The second-order valence-corrected chi connectivity index (χ2v) is 4.91. The van der Waals surface area contributed by atoms with E-state index in [2.05, 4.69) is 40.7 Å². The van der Waals surface area contributed by atoms with E-state index in [0.717, 1.165) is 43.1 Å². The molecule has 0 saturated carbocycles. The van der Waals surface area contributed by atoms with Gasteiger partial charge in [-0.2, -0.15) is 0 Å². The molecule has 4 nitrogen and oxygen atoms in total. The molecular formula is C17H23N3O. The lowest BCUT2D eigenvalue weighted by molar-refractivity contribution is 0.414. The summed E-state index contributed by atoms with van der Waals surface area (Å²) in [4.78, 5) is 4.24. The van der Waals surface area contributed by atoms with Gasteiger partial charge in [0.05, 0.1) is 30.9 Å². The Kier molecular flexibility index (Phi) is 5.88. The molecule has 0 aliphatic carbocycles. The first-order chi connectivity index (χ1) is 10.3. The Balaban J connectivity index is 1.82. The van der Waals surface area contributed by atoms with E-state index in [1.165, 1.54) is 5.56 Å². The van der Waals surface area contributed by atoms with Gasteiger partial charge < -0.3 is 15.4 Å². The van der Waals surface area contributed by atoms with Crippen LogP contribution in [0.2, 0.25) is 0 Å². The molecule has 112 valence electrons. The monoisotopic (exact) mass is 285 g/mol. The molecule has 0 atom stereocenters. The fourth-order valence-corrected chi connectivity index (χ4v) is 2.05. The molecule has 0 saturated heterocycles. The van der Waals surface area contributed by atoms with E-state index in [-0.39, 0.29) is 0 Å². The predicted octanol–water partition coefficient (Wildman–Crippen LogP) is 3.57. The van der Waals surface area contributed by atoms with E-state index in [1.807, 2.05) is 24.5 Å². The average Bonchev–Trinajstić information content (AvgIpc) is 2.54. The molecule has 2 N–H and O–H groups in total. The van der Waals surface area contributed by atoms with E-state index in [4.69, 9.17) is 4.74 Å². The zero-order valence-corrected chi connectivity index (χ0v) is 12.7. The first kappa shape index (κ1) is 15.2. The molecule has 0 unspecified atom stereocenters. The first-order valence-electron chi connectivity index (χ1n) is 7.37. The summed E-state index contributed by atoms with van der Waals surface area (Å²) in [6, 6.07) is 10.3. The number of hydrogen-bond acceptors (Lipinski definition) is 4. The van der Waals surface area contributed by atoms with Gasteiger partial charge in [0, 0.05) is 13.1 Å². The van der Waals surface area contributed by atoms with E-state index < -0.39 is 0 Å². The second-order valence-electron chi connectivity index (χ2n) is 4.91. The molecule has 2 aromatic rings. The van der Waals surface area contributed by atoms with Gasteiger partial charge >= 0.3 is 0 Å². The Morgan fingerprint density at radius 2 is 1.67 bits per heavy atom. The smallest absolute Gasteiger partial charge is 0.118 e. The number of pyridine rings is 1. The maximum atomic E-state index is 5.16. The van der Waals surface area contributed by atoms with E-state index in [9.17, 15) is 0 Å². The van der Waals surface area contributed by atoms with Crippen LogP contribution in [0.15, 0.2) is 42.7 Å². The fourth-order valence-electron chi connectivity index (χ4n) is 2.05. The average molecular weight is 285 g/mol. The van der Waals surface area contributed by atoms with Crippen LogP contribution >= 0.6 is 0 Å². The number of anilines is 2. The van der Waals surface area contributed by atoms with Gasteiger partial charge in [-0.1, -0.05) is 19.1 Å². The largest absolute Gasteiger partial charge is 0.497 e. The van der Waals surface area contributed by atoms with Crippen molar-refractivity contribution in [3.05, 3.63) is 48.3 Å². The second kappa shape index (κ2) is 8.15. The van der Waals surface area contributed by atoms with Crippen LogP contribution in [-0.2, 0) is 6.42 Å². The lowest BCUT2D eigenvalue weighted by Crippen LogP contribution is -2.06. The zero-order chi connectivity index (χ0) is 14.9. The summed E-state index contributed by atoms with van der Waals surface area (Å²) >= 11 is 0. The van der Waals surface area contributed by atoms with Crippen LogP contribution in [-0.4, -0.2) is 25.2 Å². The van der Waals surface area contributed by atoms with Crippen LogP contribution in [0.3, 0.4) is 0 Å². The van der Waals surface area contributed by atoms with Crippen molar-refractivity contribution in [3.63, 3.8) is 0 Å². The highest BCUT2D eigenvalue weighted by molar-refractivity contribution is 5.53. The third-order valence-electron chi connectivity index (χ3n) is 3.22. The number of nitrogens with zero attached hydrogens (tertiary/aromatic N) is 1. The molecule has 0 aliphatic rings. The number of benzene rings is 1. The topological polar surface area (TPSA) is 46.2 Å². The molecule has 4 heteroatoms. The van der Waals surface area contributed by atoms with Crippen LogP contribution in [0.5, 0.6) is 5.75 Å². The molecule has 1 aromatic carbocycles. The minimum Gasteiger partial charge on any atom is -0.497 e. The minimum atomic E-state index is 0.880. The van der Waals surface area contributed by atoms with Crippen molar-refractivity contribution in [2.24, 2.45) is 0 Å². The Hall–Kier alpha value is -2.23. The molecule has 0 aliphatic heterocycles. The number of nitrogens with one attached hydrogen (secondary N) is 2. The molecule has 1 aromatic heterocycles. The maximum absolute atomic E-state index is 5.16. The van der Waals surface area contributed by atoms with Gasteiger partial charge in [0.1, 0.15) is 5.75 Å².